The van der Waals surface area contributed by atoms with E-state index in [2.05, 4.69) is 22.6 Å². The van der Waals surface area contributed by atoms with E-state index in [1.54, 1.807) is 37.3 Å². The van der Waals surface area contributed by atoms with Crippen LogP contribution in [0.15, 0.2) is 41.3 Å². The highest BCUT2D eigenvalue weighted by Crippen LogP contribution is 2.38. The van der Waals surface area contributed by atoms with Crippen LogP contribution < -0.4 is 9.47 Å². The average molecular weight is 611 g/mol. The summed E-state index contributed by atoms with van der Waals surface area (Å²) in [5.41, 5.74) is 1.60. The van der Waals surface area contributed by atoms with Gasteiger partial charge in [0.05, 0.1) is 27.3 Å². The summed E-state index contributed by atoms with van der Waals surface area (Å²) in [6, 6.07) is 9.86. The van der Waals surface area contributed by atoms with E-state index in [1.807, 2.05) is 6.92 Å². The molecule has 1 heterocycles. The number of ether oxygens (including phenoxy) is 3. The molecule has 184 valence electrons. The van der Waals surface area contributed by atoms with Crippen LogP contribution in [0.3, 0.4) is 0 Å². The minimum Gasteiger partial charge on any atom is -0.490 e. The lowest BCUT2D eigenvalue weighted by atomic mass is 10.1. The number of carbonyl (C=O) groups excluding carboxylic acids is 3. The predicted molar refractivity (Wildman–Crippen MR) is 137 cm³/mol. The molecular formula is C24H22INO8S. The van der Waals surface area contributed by atoms with Gasteiger partial charge in [-0.1, -0.05) is 12.1 Å². The van der Waals surface area contributed by atoms with Crippen molar-refractivity contribution in [3.8, 4) is 11.5 Å². The van der Waals surface area contributed by atoms with E-state index in [0.717, 1.165) is 22.2 Å². The molecule has 2 aromatic rings. The molecule has 9 nitrogen and oxygen atoms in total. The number of thioether (sulfide) groups is 1. The van der Waals surface area contributed by atoms with Crippen LogP contribution in [0.4, 0.5) is 4.79 Å². The molecule has 0 spiro atoms. The fourth-order valence-electron chi connectivity index (χ4n) is 3.10. The monoisotopic (exact) mass is 611 g/mol. The van der Waals surface area contributed by atoms with Crippen molar-refractivity contribution in [1.29, 1.82) is 0 Å². The Morgan fingerprint density at radius 3 is 2.43 bits per heavy atom. The Morgan fingerprint density at radius 2 is 1.80 bits per heavy atom. The largest absolute Gasteiger partial charge is 0.490 e. The van der Waals surface area contributed by atoms with Gasteiger partial charge in [-0.3, -0.25) is 19.3 Å². The van der Waals surface area contributed by atoms with E-state index in [1.165, 1.54) is 12.1 Å². The number of carbonyl (C=O) groups is 4. The van der Waals surface area contributed by atoms with E-state index in [9.17, 15) is 19.2 Å². The van der Waals surface area contributed by atoms with Crippen LogP contribution >= 0.6 is 34.4 Å². The summed E-state index contributed by atoms with van der Waals surface area (Å²) in [6.45, 7) is 3.77. The van der Waals surface area contributed by atoms with Gasteiger partial charge in [-0.25, -0.2) is 4.79 Å². The van der Waals surface area contributed by atoms with Gasteiger partial charge in [0.15, 0.2) is 11.5 Å². The maximum atomic E-state index is 12.7. The number of amides is 2. The van der Waals surface area contributed by atoms with E-state index in [4.69, 9.17) is 19.3 Å². The zero-order valence-corrected chi connectivity index (χ0v) is 21.9. The van der Waals surface area contributed by atoms with Crippen LogP contribution in [0, 0.1) is 3.57 Å². The molecule has 0 radical (unpaired) electrons. The van der Waals surface area contributed by atoms with Gasteiger partial charge in [0.25, 0.3) is 11.1 Å². The van der Waals surface area contributed by atoms with Crippen LogP contribution in [-0.2, 0) is 20.9 Å². The number of hydrogen-bond acceptors (Lipinski definition) is 8. The summed E-state index contributed by atoms with van der Waals surface area (Å²) in [5, 5.41) is 8.49. The SMILES string of the molecule is CCOC(=O)CN1C(=O)S/C(=C/c2cc(I)c(OCc3ccc(C(=O)O)cc3)c(OCC)c2)C1=O. The zero-order valence-electron chi connectivity index (χ0n) is 18.9. The Labute approximate surface area is 219 Å². The molecule has 1 fully saturated rings. The van der Waals surface area contributed by atoms with Crippen molar-refractivity contribution in [2.45, 2.75) is 20.5 Å². The Hall–Kier alpha value is -3.06. The van der Waals surface area contributed by atoms with Crippen LogP contribution in [0.1, 0.15) is 35.3 Å². The minimum atomic E-state index is -1.00. The molecule has 11 heteroatoms. The zero-order chi connectivity index (χ0) is 25.5. The highest BCUT2D eigenvalue weighted by atomic mass is 127. The third kappa shape index (κ3) is 6.75. The lowest BCUT2D eigenvalue weighted by Crippen LogP contribution is -2.34. The summed E-state index contributed by atoms with van der Waals surface area (Å²) in [5.74, 6) is -1.25. The quantitative estimate of drug-likeness (QED) is 0.234. The molecule has 35 heavy (non-hydrogen) atoms. The normalized spacial score (nSPS) is 14.4. The highest BCUT2D eigenvalue weighted by molar-refractivity contribution is 14.1. The minimum absolute atomic E-state index is 0.158. The van der Waals surface area contributed by atoms with E-state index in [0.29, 0.717) is 27.2 Å². The van der Waals surface area contributed by atoms with Crippen molar-refractivity contribution in [3.05, 3.63) is 61.6 Å². The van der Waals surface area contributed by atoms with Gasteiger partial charge in [-0.2, -0.15) is 0 Å². The van der Waals surface area contributed by atoms with Gasteiger partial charge in [-0.05, 0) is 89.7 Å². The van der Waals surface area contributed by atoms with Gasteiger partial charge in [0.2, 0.25) is 0 Å². The third-order valence-electron chi connectivity index (χ3n) is 4.68. The van der Waals surface area contributed by atoms with Crippen molar-refractivity contribution < 1.29 is 38.5 Å². The van der Waals surface area contributed by atoms with E-state index in [-0.39, 0.29) is 23.7 Å². The second kappa shape index (κ2) is 12.1. The number of hydrogen-bond donors (Lipinski definition) is 1. The maximum absolute atomic E-state index is 12.7. The number of carboxylic acids is 1. The van der Waals surface area contributed by atoms with Gasteiger partial charge in [0.1, 0.15) is 13.2 Å². The van der Waals surface area contributed by atoms with Crippen molar-refractivity contribution in [3.63, 3.8) is 0 Å². The first-order chi connectivity index (χ1) is 16.7. The third-order valence-corrected chi connectivity index (χ3v) is 6.39. The smallest absolute Gasteiger partial charge is 0.335 e. The number of carboxylic acid groups (broad SMARTS) is 1. The fourth-order valence-corrected chi connectivity index (χ4v) is 4.72. The highest BCUT2D eigenvalue weighted by Gasteiger charge is 2.36. The molecule has 0 aliphatic carbocycles. The number of rotatable bonds is 10. The van der Waals surface area contributed by atoms with Crippen molar-refractivity contribution in [1.82, 2.24) is 4.90 Å². The van der Waals surface area contributed by atoms with Gasteiger partial charge in [0, 0.05) is 0 Å². The molecule has 3 rings (SSSR count). The standard InChI is InChI=1S/C24H22INO8S/c1-3-32-18-10-15(11-19-22(28)26(24(31)35-19)12-20(27)33-4-2)9-17(25)21(18)34-13-14-5-7-16(8-6-14)23(29)30/h5-11H,3-4,12-13H2,1-2H3,(H,29,30)/b19-11+. The molecule has 0 unspecified atom stereocenters. The number of aromatic carboxylic acids is 1. The second-order valence-corrected chi connectivity index (χ2v) is 9.28. The molecule has 2 amide bonds. The molecule has 1 saturated heterocycles. The van der Waals surface area contributed by atoms with Crippen molar-refractivity contribution in [2.75, 3.05) is 19.8 Å². The number of nitrogens with zero attached hydrogens (tertiary/aromatic N) is 1. The van der Waals surface area contributed by atoms with Gasteiger partial charge in [-0.15, -0.1) is 0 Å². The lowest BCUT2D eigenvalue weighted by molar-refractivity contribution is -0.145. The lowest BCUT2D eigenvalue weighted by Gasteiger charge is -2.15. The fraction of sp³-hybridized carbons (Fsp3) is 0.250. The Morgan fingerprint density at radius 1 is 1.09 bits per heavy atom. The number of esters is 1. The second-order valence-electron chi connectivity index (χ2n) is 7.13. The average Bonchev–Trinajstić information content (AvgIpc) is 3.06. The predicted octanol–water partition coefficient (Wildman–Crippen LogP) is 4.57. The van der Waals surface area contributed by atoms with Crippen LogP contribution in [-0.4, -0.2) is 52.8 Å². The number of benzene rings is 2. The molecule has 1 aliphatic rings. The van der Waals surface area contributed by atoms with Crippen LogP contribution in [0.2, 0.25) is 0 Å². The first-order valence-electron chi connectivity index (χ1n) is 10.6. The van der Waals surface area contributed by atoms with Gasteiger partial charge < -0.3 is 19.3 Å². The van der Waals surface area contributed by atoms with Gasteiger partial charge >= 0.3 is 11.9 Å². The first-order valence-corrected chi connectivity index (χ1v) is 12.4. The molecule has 0 atom stereocenters. The summed E-state index contributed by atoms with van der Waals surface area (Å²) >= 11 is 2.84. The molecule has 0 aromatic heterocycles. The summed E-state index contributed by atoms with van der Waals surface area (Å²) in [6.07, 6.45) is 1.56. The molecule has 2 aromatic carbocycles. The summed E-state index contributed by atoms with van der Waals surface area (Å²) in [4.78, 5) is 48.7. The molecule has 0 saturated carbocycles. The van der Waals surface area contributed by atoms with Crippen LogP contribution in [0.5, 0.6) is 11.5 Å². The van der Waals surface area contributed by atoms with Crippen molar-refractivity contribution in [2.24, 2.45) is 0 Å². The Bertz CT molecular complexity index is 1180. The van der Waals surface area contributed by atoms with Crippen LogP contribution in [0.25, 0.3) is 6.08 Å². The van der Waals surface area contributed by atoms with E-state index < -0.39 is 29.6 Å². The number of halogens is 1. The molecule has 1 N–H and O–H groups in total. The molecule has 0 bridgehead atoms. The summed E-state index contributed by atoms with van der Waals surface area (Å²) in [7, 11) is 0. The van der Waals surface area contributed by atoms with E-state index >= 15 is 0 Å². The first kappa shape index (κ1) is 26.5. The number of imide groups is 1. The Kier molecular flexibility index (Phi) is 9.15. The summed E-state index contributed by atoms with van der Waals surface area (Å²) < 4.78 is 17.3. The topological polar surface area (TPSA) is 119 Å². The Balaban J connectivity index is 1.80. The molecule has 1 aliphatic heterocycles. The van der Waals surface area contributed by atoms with Crippen molar-refractivity contribution >= 4 is 63.5 Å². The molecular weight excluding hydrogens is 589 g/mol. The maximum Gasteiger partial charge on any atom is 0.335 e.